The number of nitrogens with one attached hydrogen (secondary N) is 2. The third kappa shape index (κ3) is 6.45. The molecule has 3 amide bonds. The van der Waals surface area contributed by atoms with Crippen molar-refractivity contribution < 1.29 is 19.1 Å². The number of benzene rings is 2. The van der Waals surface area contributed by atoms with Crippen molar-refractivity contribution in [3.05, 3.63) is 70.2 Å². The fraction of sp³-hybridized carbons (Fsp3) is 0.167. The Kier molecular flexibility index (Phi) is 6.99. The molecule has 7 nitrogen and oxygen atoms in total. The molecule has 0 aliphatic heterocycles. The van der Waals surface area contributed by atoms with Crippen molar-refractivity contribution in [3.8, 4) is 0 Å². The maximum absolute atomic E-state index is 11.9. The van der Waals surface area contributed by atoms with Crippen LogP contribution in [0.25, 0.3) is 0 Å². The SMILES string of the molecule is NC(=O)NCc1ccc(C(=O)OCC(=O)NCc2cccc(Cl)c2)cc1. The third-order valence-corrected chi connectivity index (χ3v) is 3.60. The zero-order valence-electron chi connectivity index (χ0n) is 13.8. The Morgan fingerprint density at radius 1 is 0.962 bits per heavy atom. The largest absolute Gasteiger partial charge is 0.452 e. The summed E-state index contributed by atoms with van der Waals surface area (Å²) >= 11 is 5.87. The van der Waals surface area contributed by atoms with Crippen molar-refractivity contribution >= 4 is 29.5 Å². The van der Waals surface area contributed by atoms with Gasteiger partial charge in [-0.05, 0) is 35.4 Å². The van der Waals surface area contributed by atoms with E-state index in [1.54, 1.807) is 42.5 Å². The highest BCUT2D eigenvalue weighted by Crippen LogP contribution is 2.10. The second kappa shape index (κ2) is 9.43. The number of urea groups is 1. The van der Waals surface area contributed by atoms with Crippen molar-refractivity contribution in [1.82, 2.24) is 10.6 Å². The topological polar surface area (TPSA) is 111 Å². The van der Waals surface area contributed by atoms with E-state index in [9.17, 15) is 14.4 Å². The van der Waals surface area contributed by atoms with Crippen molar-refractivity contribution in [3.63, 3.8) is 0 Å². The molecule has 0 unspecified atom stereocenters. The molecule has 0 saturated carbocycles. The van der Waals surface area contributed by atoms with Gasteiger partial charge >= 0.3 is 12.0 Å². The minimum absolute atomic E-state index is 0.260. The molecule has 2 aromatic rings. The van der Waals surface area contributed by atoms with Crippen LogP contribution >= 0.6 is 11.6 Å². The summed E-state index contributed by atoms with van der Waals surface area (Å²) in [5.74, 6) is -1.03. The molecular weight excluding hydrogens is 358 g/mol. The molecule has 0 saturated heterocycles. The Morgan fingerprint density at radius 3 is 2.31 bits per heavy atom. The summed E-state index contributed by atoms with van der Waals surface area (Å²) < 4.78 is 4.97. The van der Waals surface area contributed by atoms with Gasteiger partial charge in [0, 0.05) is 18.1 Å². The number of rotatable bonds is 7. The molecule has 8 heteroatoms. The zero-order valence-corrected chi connectivity index (χ0v) is 14.6. The predicted molar refractivity (Wildman–Crippen MR) is 96.4 cm³/mol. The third-order valence-electron chi connectivity index (χ3n) is 3.37. The molecule has 0 spiro atoms. The van der Waals surface area contributed by atoms with Crippen LogP contribution in [0, 0.1) is 0 Å². The van der Waals surface area contributed by atoms with Crippen molar-refractivity contribution in [1.29, 1.82) is 0 Å². The van der Waals surface area contributed by atoms with Crippen LogP contribution in [-0.2, 0) is 22.6 Å². The first-order valence-corrected chi connectivity index (χ1v) is 8.12. The minimum atomic E-state index is -0.628. The quantitative estimate of drug-likeness (QED) is 0.642. The van der Waals surface area contributed by atoms with Gasteiger partial charge in [0.05, 0.1) is 5.56 Å². The van der Waals surface area contributed by atoms with Gasteiger partial charge < -0.3 is 21.1 Å². The Hall–Kier alpha value is -3.06. The highest BCUT2D eigenvalue weighted by Gasteiger charge is 2.10. The Bertz CT molecular complexity index is 793. The molecule has 0 atom stereocenters. The van der Waals surface area contributed by atoms with Gasteiger partial charge in [-0.25, -0.2) is 9.59 Å². The number of carbonyl (C=O) groups excluding carboxylic acids is 3. The fourth-order valence-electron chi connectivity index (χ4n) is 2.06. The van der Waals surface area contributed by atoms with Gasteiger partial charge in [-0.1, -0.05) is 35.9 Å². The lowest BCUT2D eigenvalue weighted by molar-refractivity contribution is -0.124. The molecule has 4 N–H and O–H groups in total. The number of nitrogens with two attached hydrogens (primary N) is 1. The monoisotopic (exact) mass is 375 g/mol. The molecule has 26 heavy (non-hydrogen) atoms. The van der Waals surface area contributed by atoms with Gasteiger partial charge in [-0.2, -0.15) is 0 Å². The van der Waals surface area contributed by atoms with E-state index in [-0.39, 0.29) is 13.2 Å². The normalized spacial score (nSPS) is 10.0. The van der Waals surface area contributed by atoms with E-state index in [0.717, 1.165) is 11.1 Å². The van der Waals surface area contributed by atoms with E-state index in [1.165, 1.54) is 0 Å². The molecule has 0 heterocycles. The molecule has 0 fully saturated rings. The number of halogens is 1. The van der Waals surface area contributed by atoms with Crippen LogP contribution in [0.4, 0.5) is 4.79 Å². The second-order valence-corrected chi connectivity index (χ2v) is 5.83. The van der Waals surface area contributed by atoms with Crippen molar-refractivity contribution in [2.24, 2.45) is 5.73 Å². The molecule has 0 radical (unpaired) electrons. The first-order valence-electron chi connectivity index (χ1n) is 7.74. The Balaban J connectivity index is 1.76. The maximum atomic E-state index is 11.9. The van der Waals surface area contributed by atoms with Crippen LogP contribution in [0.3, 0.4) is 0 Å². The molecular formula is C18H18ClN3O4. The van der Waals surface area contributed by atoms with Gasteiger partial charge in [0.1, 0.15) is 0 Å². The van der Waals surface area contributed by atoms with Gasteiger partial charge in [-0.3, -0.25) is 4.79 Å². The number of carbonyl (C=O) groups is 3. The Labute approximate surface area is 155 Å². The van der Waals surface area contributed by atoms with E-state index >= 15 is 0 Å². The average Bonchev–Trinajstić information content (AvgIpc) is 2.63. The summed E-state index contributed by atoms with van der Waals surface area (Å²) in [6, 6.07) is 12.9. The lowest BCUT2D eigenvalue weighted by Crippen LogP contribution is -2.28. The van der Waals surface area contributed by atoms with Gasteiger partial charge in [0.2, 0.25) is 0 Å². The second-order valence-electron chi connectivity index (χ2n) is 5.40. The van der Waals surface area contributed by atoms with Gasteiger partial charge in [0.25, 0.3) is 5.91 Å². The summed E-state index contributed by atoms with van der Waals surface area (Å²) in [7, 11) is 0. The van der Waals surface area contributed by atoms with Crippen molar-refractivity contribution in [2.75, 3.05) is 6.61 Å². The van der Waals surface area contributed by atoms with Gasteiger partial charge in [-0.15, -0.1) is 0 Å². The number of primary amides is 1. The highest BCUT2D eigenvalue weighted by atomic mass is 35.5. The van der Waals surface area contributed by atoms with Gasteiger partial charge in [0.15, 0.2) is 6.61 Å². The standard InChI is InChI=1S/C18H18ClN3O4/c19-15-3-1-2-13(8-15)10-21-16(23)11-26-17(24)14-6-4-12(5-7-14)9-22-18(20)25/h1-8H,9-11H2,(H,21,23)(H3,20,22,25). The van der Waals surface area contributed by atoms with Crippen LogP contribution in [-0.4, -0.2) is 24.5 Å². The number of esters is 1. The zero-order chi connectivity index (χ0) is 18.9. The molecule has 0 aromatic heterocycles. The lowest BCUT2D eigenvalue weighted by atomic mass is 10.1. The summed E-state index contributed by atoms with van der Waals surface area (Å²) in [6.45, 7) is 0.166. The van der Waals surface area contributed by atoms with Crippen LogP contribution in [0.5, 0.6) is 0 Å². The minimum Gasteiger partial charge on any atom is -0.452 e. The summed E-state index contributed by atoms with van der Waals surface area (Å²) in [6.07, 6.45) is 0. The number of hydrogen-bond donors (Lipinski definition) is 3. The molecule has 2 rings (SSSR count). The van der Waals surface area contributed by atoms with E-state index in [1.807, 2.05) is 6.07 Å². The van der Waals surface area contributed by atoms with Crippen LogP contribution in [0.2, 0.25) is 5.02 Å². The van der Waals surface area contributed by atoms with Crippen LogP contribution in [0.15, 0.2) is 48.5 Å². The summed E-state index contributed by atoms with van der Waals surface area (Å²) in [4.78, 5) is 34.4. The molecule has 136 valence electrons. The first kappa shape index (κ1) is 19.3. The maximum Gasteiger partial charge on any atom is 0.338 e. The van der Waals surface area contributed by atoms with E-state index in [2.05, 4.69) is 10.6 Å². The van der Waals surface area contributed by atoms with Crippen LogP contribution in [0.1, 0.15) is 21.5 Å². The van der Waals surface area contributed by atoms with E-state index in [4.69, 9.17) is 22.1 Å². The van der Waals surface area contributed by atoms with Crippen molar-refractivity contribution in [2.45, 2.75) is 13.1 Å². The lowest BCUT2D eigenvalue weighted by Gasteiger charge is -2.08. The van der Waals surface area contributed by atoms with Crippen LogP contribution < -0.4 is 16.4 Å². The predicted octanol–water partition coefficient (Wildman–Crippen LogP) is 1.98. The molecule has 0 aliphatic rings. The average molecular weight is 376 g/mol. The smallest absolute Gasteiger partial charge is 0.338 e. The first-order chi connectivity index (χ1) is 12.4. The Morgan fingerprint density at radius 2 is 1.65 bits per heavy atom. The summed E-state index contributed by atoms with van der Waals surface area (Å²) in [5, 5.41) is 5.67. The summed E-state index contributed by atoms with van der Waals surface area (Å²) in [5.41, 5.74) is 6.91. The molecule has 2 aromatic carbocycles. The molecule has 0 bridgehead atoms. The van der Waals surface area contributed by atoms with E-state index < -0.39 is 17.9 Å². The fourth-order valence-corrected chi connectivity index (χ4v) is 2.27. The number of hydrogen-bond acceptors (Lipinski definition) is 4. The number of ether oxygens (including phenoxy) is 1. The molecule has 0 aliphatic carbocycles. The van der Waals surface area contributed by atoms with E-state index in [0.29, 0.717) is 17.1 Å². The number of amides is 3. The highest BCUT2D eigenvalue weighted by molar-refractivity contribution is 6.30.